The summed E-state index contributed by atoms with van der Waals surface area (Å²) in [6.07, 6.45) is 6.96. The third-order valence-corrected chi connectivity index (χ3v) is 4.59. The van der Waals surface area contributed by atoms with Crippen molar-refractivity contribution in [2.75, 3.05) is 24.6 Å². The lowest BCUT2D eigenvalue weighted by Crippen LogP contribution is -2.41. The molecule has 0 bridgehead atoms. The van der Waals surface area contributed by atoms with Crippen molar-refractivity contribution in [3.05, 3.63) is 0 Å². The molecule has 5 heteroatoms. The smallest absolute Gasteiger partial charge is 0.221 e. The summed E-state index contributed by atoms with van der Waals surface area (Å²) < 4.78 is 0. The lowest BCUT2D eigenvalue weighted by molar-refractivity contribution is -0.121. The van der Waals surface area contributed by atoms with Gasteiger partial charge in [0.2, 0.25) is 5.91 Å². The second-order valence-electron chi connectivity index (χ2n) is 5.88. The van der Waals surface area contributed by atoms with Crippen molar-refractivity contribution in [3.63, 3.8) is 0 Å². The molecule has 0 saturated carbocycles. The topological polar surface area (TPSA) is 41.1 Å². The summed E-state index contributed by atoms with van der Waals surface area (Å²) in [7, 11) is 0. The predicted molar refractivity (Wildman–Crippen MR) is 91.9 cm³/mol. The second kappa shape index (κ2) is 12.8. The molecule has 1 rings (SSSR count). The van der Waals surface area contributed by atoms with Crippen LogP contribution in [0.1, 0.15) is 52.4 Å². The molecule has 0 aromatic heterocycles. The van der Waals surface area contributed by atoms with Crippen molar-refractivity contribution in [1.82, 2.24) is 10.6 Å². The standard InChI is InChI=1S/C15H30N2OS.ClH/c1-13(2)7-5-3-4-6-8-17-15(18)11-14-12-19-10-9-16-14;/h13-14,16H,3-12H2,1-2H3,(H,17,18);1H. The van der Waals surface area contributed by atoms with E-state index in [4.69, 9.17) is 0 Å². The average Bonchev–Trinajstić information content (AvgIpc) is 2.38. The van der Waals surface area contributed by atoms with Crippen LogP contribution in [0.3, 0.4) is 0 Å². The van der Waals surface area contributed by atoms with Gasteiger partial charge in [-0.3, -0.25) is 4.79 Å². The molecule has 1 saturated heterocycles. The van der Waals surface area contributed by atoms with Gasteiger partial charge in [-0.05, 0) is 12.3 Å². The number of rotatable bonds is 9. The van der Waals surface area contributed by atoms with Crippen molar-refractivity contribution in [2.24, 2.45) is 5.92 Å². The van der Waals surface area contributed by atoms with E-state index in [9.17, 15) is 4.79 Å². The number of unbranched alkanes of at least 4 members (excludes halogenated alkanes) is 3. The molecule has 1 heterocycles. The third kappa shape index (κ3) is 10.8. The zero-order valence-electron chi connectivity index (χ0n) is 13.0. The molecular formula is C15H31ClN2OS. The molecule has 120 valence electrons. The maximum Gasteiger partial charge on any atom is 0.221 e. The Morgan fingerprint density at radius 2 is 2.05 bits per heavy atom. The molecule has 1 aliphatic rings. The van der Waals surface area contributed by atoms with E-state index in [1.54, 1.807) is 0 Å². The minimum Gasteiger partial charge on any atom is -0.356 e. The summed E-state index contributed by atoms with van der Waals surface area (Å²) in [4.78, 5) is 11.7. The zero-order chi connectivity index (χ0) is 13.9. The van der Waals surface area contributed by atoms with Crippen LogP contribution in [0.4, 0.5) is 0 Å². The predicted octanol–water partition coefficient (Wildman–Crippen LogP) is 3.23. The fourth-order valence-corrected chi connectivity index (χ4v) is 3.25. The van der Waals surface area contributed by atoms with Crippen molar-refractivity contribution in [1.29, 1.82) is 0 Å². The summed E-state index contributed by atoms with van der Waals surface area (Å²) in [5.74, 6) is 3.28. The molecule has 3 nitrogen and oxygen atoms in total. The van der Waals surface area contributed by atoms with E-state index in [2.05, 4.69) is 24.5 Å². The Bertz CT molecular complexity index is 246. The number of nitrogens with one attached hydrogen (secondary N) is 2. The molecule has 1 unspecified atom stereocenters. The molecule has 1 aliphatic heterocycles. The van der Waals surface area contributed by atoms with Gasteiger partial charge in [-0.2, -0.15) is 11.8 Å². The summed E-state index contributed by atoms with van der Waals surface area (Å²) in [5.41, 5.74) is 0. The van der Waals surface area contributed by atoms with Crippen LogP contribution in [-0.4, -0.2) is 36.5 Å². The van der Waals surface area contributed by atoms with E-state index in [1.165, 1.54) is 31.4 Å². The monoisotopic (exact) mass is 322 g/mol. The van der Waals surface area contributed by atoms with Crippen LogP contribution in [-0.2, 0) is 4.79 Å². The van der Waals surface area contributed by atoms with Gasteiger partial charge in [-0.25, -0.2) is 0 Å². The summed E-state index contributed by atoms with van der Waals surface area (Å²) in [6.45, 7) is 6.44. The van der Waals surface area contributed by atoms with Gasteiger partial charge in [0.1, 0.15) is 0 Å². The summed E-state index contributed by atoms with van der Waals surface area (Å²) >= 11 is 1.94. The highest BCUT2D eigenvalue weighted by atomic mass is 35.5. The average molecular weight is 323 g/mol. The molecule has 0 aromatic carbocycles. The maximum atomic E-state index is 11.7. The molecule has 0 aromatic rings. The van der Waals surface area contributed by atoms with Gasteiger partial charge in [0.15, 0.2) is 0 Å². The fourth-order valence-electron chi connectivity index (χ4n) is 2.31. The van der Waals surface area contributed by atoms with Crippen molar-refractivity contribution in [2.45, 2.75) is 58.4 Å². The Hall–Kier alpha value is 0.0700. The van der Waals surface area contributed by atoms with Gasteiger partial charge in [0, 0.05) is 37.1 Å². The summed E-state index contributed by atoms with van der Waals surface area (Å²) in [5, 5.41) is 6.44. The van der Waals surface area contributed by atoms with Gasteiger partial charge in [-0.15, -0.1) is 12.4 Å². The van der Waals surface area contributed by atoms with Crippen LogP contribution < -0.4 is 10.6 Å². The Morgan fingerprint density at radius 1 is 1.30 bits per heavy atom. The van der Waals surface area contributed by atoms with E-state index in [0.29, 0.717) is 12.5 Å². The number of amides is 1. The van der Waals surface area contributed by atoms with E-state index in [-0.39, 0.29) is 18.3 Å². The Labute approximate surface area is 134 Å². The zero-order valence-corrected chi connectivity index (χ0v) is 14.6. The van der Waals surface area contributed by atoms with E-state index >= 15 is 0 Å². The van der Waals surface area contributed by atoms with Crippen LogP contribution in [0.2, 0.25) is 0 Å². The van der Waals surface area contributed by atoms with Crippen LogP contribution >= 0.6 is 24.2 Å². The molecule has 1 fully saturated rings. The molecule has 2 N–H and O–H groups in total. The third-order valence-electron chi connectivity index (χ3n) is 3.46. The van der Waals surface area contributed by atoms with Gasteiger partial charge < -0.3 is 10.6 Å². The number of hydrogen-bond donors (Lipinski definition) is 2. The SMILES string of the molecule is CC(C)CCCCCCNC(=O)CC1CSCCN1.Cl. The highest BCUT2D eigenvalue weighted by Crippen LogP contribution is 2.10. The molecule has 0 aliphatic carbocycles. The lowest BCUT2D eigenvalue weighted by atomic mass is 10.0. The highest BCUT2D eigenvalue weighted by Gasteiger charge is 2.15. The summed E-state index contributed by atoms with van der Waals surface area (Å²) in [6, 6.07) is 0.379. The Morgan fingerprint density at radius 3 is 2.70 bits per heavy atom. The molecule has 1 atom stereocenters. The minimum atomic E-state index is 0. The second-order valence-corrected chi connectivity index (χ2v) is 7.03. The lowest BCUT2D eigenvalue weighted by Gasteiger charge is -2.22. The number of carbonyl (C=O) groups excluding carboxylic acids is 1. The Balaban J connectivity index is 0.00000361. The molecule has 0 spiro atoms. The first kappa shape index (κ1) is 20.1. The van der Waals surface area contributed by atoms with Crippen molar-refractivity contribution >= 4 is 30.1 Å². The van der Waals surface area contributed by atoms with Crippen LogP contribution in [0.5, 0.6) is 0 Å². The van der Waals surface area contributed by atoms with Crippen LogP contribution in [0.15, 0.2) is 0 Å². The first-order chi connectivity index (χ1) is 9.18. The van der Waals surface area contributed by atoms with E-state index < -0.39 is 0 Å². The molecule has 1 amide bonds. The van der Waals surface area contributed by atoms with Gasteiger partial charge in [-0.1, -0.05) is 39.5 Å². The number of carbonyl (C=O) groups is 1. The normalized spacial score (nSPS) is 18.6. The molecule has 0 radical (unpaired) electrons. The first-order valence-electron chi connectivity index (χ1n) is 7.76. The largest absolute Gasteiger partial charge is 0.356 e. The first-order valence-corrected chi connectivity index (χ1v) is 8.91. The van der Waals surface area contributed by atoms with Gasteiger partial charge >= 0.3 is 0 Å². The van der Waals surface area contributed by atoms with Gasteiger partial charge in [0.25, 0.3) is 0 Å². The van der Waals surface area contributed by atoms with Crippen molar-refractivity contribution in [3.8, 4) is 0 Å². The molecular weight excluding hydrogens is 292 g/mol. The Kier molecular flexibility index (Phi) is 12.8. The quantitative estimate of drug-likeness (QED) is 0.640. The number of halogens is 1. The van der Waals surface area contributed by atoms with Crippen molar-refractivity contribution < 1.29 is 4.79 Å². The van der Waals surface area contributed by atoms with Crippen LogP contribution in [0, 0.1) is 5.92 Å². The number of thioether (sulfide) groups is 1. The van der Waals surface area contributed by atoms with E-state index in [0.717, 1.165) is 31.2 Å². The molecule has 20 heavy (non-hydrogen) atoms. The fraction of sp³-hybridized carbons (Fsp3) is 0.933. The maximum absolute atomic E-state index is 11.7. The van der Waals surface area contributed by atoms with E-state index in [1.807, 2.05) is 11.8 Å². The highest BCUT2D eigenvalue weighted by molar-refractivity contribution is 7.99. The van der Waals surface area contributed by atoms with Crippen LogP contribution in [0.25, 0.3) is 0 Å². The number of hydrogen-bond acceptors (Lipinski definition) is 3. The van der Waals surface area contributed by atoms with Gasteiger partial charge in [0.05, 0.1) is 0 Å². The minimum absolute atomic E-state index is 0.